The van der Waals surface area contributed by atoms with Crippen LogP contribution in [0.25, 0.3) is 0 Å². The van der Waals surface area contributed by atoms with Gasteiger partial charge in [0, 0.05) is 44.4 Å². The van der Waals surface area contributed by atoms with E-state index in [0.717, 1.165) is 32.5 Å². The van der Waals surface area contributed by atoms with Gasteiger partial charge in [0.25, 0.3) is 0 Å². The summed E-state index contributed by atoms with van der Waals surface area (Å²) >= 11 is 0. The van der Waals surface area contributed by atoms with E-state index in [0.29, 0.717) is 5.78 Å². The molecule has 3 heteroatoms. The van der Waals surface area contributed by atoms with Gasteiger partial charge in [0.15, 0.2) is 0 Å². The van der Waals surface area contributed by atoms with Crippen molar-refractivity contribution in [3.63, 3.8) is 0 Å². The molecule has 1 aromatic heterocycles. The molecule has 0 amide bonds. The van der Waals surface area contributed by atoms with E-state index in [1.54, 1.807) is 0 Å². The lowest BCUT2D eigenvalue weighted by Crippen LogP contribution is -2.40. The number of carbonyl (C=O) groups is 1. The number of nitrogens with zero attached hydrogens (tertiary/aromatic N) is 2. The molecule has 2 rings (SSSR count). The molecule has 16 heavy (non-hydrogen) atoms. The first-order valence-corrected chi connectivity index (χ1v) is 5.89. The second kappa shape index (κ2) is 5.21. The van der Waals surface area contributed by atoms with Crippen LogP contribution in [0, 0.1) is 5.92 Å². The molecule has 1 aliphatic rings. The maximum absolute atomic E-state index is 11.4. The lowest BCUT2D eigenvalue weighted by molar-refractivity contribution is -0.125. The Hall–Kier alpha value is -1.22. The average Bonchev–Trinajstić information content (AvgIpc) is 2.32. The van der Waals surface area contributed by atoms with Crippen LogP contribution in [0.2, 0.25) is 0 Å². The molecule has 1 atom stereocenters. The van der Waals surface area contributed by atoms with Crippen LogP contribution in [0.4, 0.5) is 0 Å². The standard InChI is InChI=1S/C13H18N2O/c1-11-10-15(9-5-13(11)16)8-4-12-2-6-14-7-3-12/h2-3,6-7,11H,4-5,8-10H2,1H3. The predicted octanol–water partition coefficient (Wildman–Crippen LogP) is 1.53. The molecule has 1 fully saturated rings. The Morgan fingerprint density at radius 1 is 1.44 bits per heavy atom. The van der Waals surface area contributed by atoms with E-state index < -0.39 is 0 Å². The Balaban J connectivity index is 1.81. The topological polar surface area (TPSA) is 33.2 Å². The fourth-order valence-corrected chi connectivity index (χ4v) is 2.13. The summed E-state index contributed by atoms with van der Waals surface area (Å²) in [5.74, 6) is 0.631. The van der Waals surface area contributed by atoms with Crippen molar-refractivity contribution in [3.8, 4) is 0 Å². The molecule has 3 nitrogen and oxygen atoms in total. The van der Waals surface area contributed by atoms with Gasteiger partial charge in [-0.05, 0) is 24.1 Å². The van der Waals surface area contributed by atoms with Crippen LogP contribution >= 0.6 is 0 Å². The zero-order chi connectivity index (χ0) is 11.4. The van der Waals surface area contributed by atoms with Crippen LogP contribution < -0.4 is 0 Å². The van der Waals surface area contributed by atoms with E-state index in [2.05, 4.69) is 22.0 Å². The third-order valence-electron chi connectivity index (χ3n) is 3.22. The Labute approximate surface area is 96.5 Å². The highest BCUT2D eigenvalue weighted by atomic mass is 16.1. The second-order valence-corrected chi connectivity index (χ2v) is 4.52. The van der Waals surface area contributed by atoms with E-state index >= 15 is 0 Å². The molecule has 86 valence electrons. The van der Waals surface area contributed by atoms with Gasteiger partial charge in [-0.25, -0.2) is 0 Å². The first-order valence-electron chi connectivity index (χ1n) is 5.89. The minimum absolute atomic E-state index is 0.214. The van der Waals surface area contributed by atoms with E-state index in [4.69, 9.17) is 0 Å². The first kappa shape index (κ1) is 11.3. The summed E-state index contributed by atoms with van der Waals surface area (Å²) in [6, 6.07) is 4.11. The van der Waals surface area contributed by atoms with Crippen LogP contribution in [0.5, 0.6) is 0 Å². The number of ketones is 1. The quantitative estimate of drug-likeness (QED) is 0.771. The summed E-state index contributed by atoms with van der Waals surface area (Å²) < 4.78 is 0. The van der Waals surface area contributed by atoms with Crippen LogP contribution in [0.3, 0.4) is 0 Å². The Kier molecular flexibility index (Phi) is 3.67. The summed E-state index contributed by atoms with van der Waals surface area (Å²) in [5, 5.41) is 0. The van der Waals surface area contributed by atoms with Gasteiger partial charge in [-0.1, -0.05) is 6.92 Å². The van der Waals surface area contributed by atoms with Crippen molar-refractivity contribution >= 4 is 5.78 Å². The molecule has 0 spiro atoms. The van der Waals surface area contributed by atoms with Gasteiger partial charge in [-0.15, -0.1) is 0 Å². The van der Waals surface area contributed by atoms with Gasteiger partial charge in [-0.3, -0.25) is 9.78 Å². The summed E-state index contributed by atoms with van der Waals surface area (Å²) in [7, 11) is 0. The van der Waals surface area contributed by atoms with Crippen LogP contribution in [0.1, 0.15) is 18.9 Å². The van der Waals surface area contributed by atoms with Crippen molar-refractivity contribution in [2.75, 3.05) is 19.6 Å². The fourth-order valence-electron chi connectivity index (χ4n) is 2.13. The van der Waals surface area contributed by atoms with Crippen LogP contribution in [-0.2, 0) is 11.2 Å². The summed E-state index contributed by atoms with van der Waals surface area (Å²) in [4.78, 5) is 17.8. The lowest BCUT2D eigenvalue weighted by Gasteiger charge is -2.29. The Morgan fingerprint density at radius 2 is 2.19 bits per heavy atom. The average molecular weight is 218 g/mol. The van der Waals surface area contributed by atoms with Crippen molar-refractivity contribution in [3.05, 3.63) is 30.1 Å². The molecule has 2 heterocycles. The van der Waals surface area contributed by atoms with E-state index in [9.17, 15) is 4.79 Å². The monoisotopic (exact) mass is 218 g/mol. The van der Waals surface area contributed by atoms with Gasteiger partial charge in [-0.2, -0.15) is 0 Å². The van der Waals surface area contributed by atoms with Crippen molar-refractivity contribution < 1.29 is 4.79 Å². The zero-order valence-corrected chi connectivity index (χ0v) is 9.72. The van der Waals surface area contributed by atoms with Crippen molar-refractivity contribution in [2.45, 2.75) is 19.8 Å². The van der Waals surface area contributed by atoms with E-state index in [1.807, 2.05) is 19.3 Å². The molecular formula is C13H18N2O. The Morgan fingerprint density at radius 3 is 2.88 bits per heavy atom. The molecule has 0 N–H and O–H groups in total. The molecule has 0 aromatic carbocycles. The molecule has 0 bridgehead atoms. The van der Waals surface area contributed by atoms with Crippen molar-refractivity contribution in [1.29, 1.82) is 0 Å². The third-order valence-corrected chi connectivity index (χ3v) is 3.22. The summed E-state index contributed by atoms with van der Waals surface area (Å²) in [6.07, 6.45) is 5.43. The second-order valence-electron chi connectivity index (χ2n) is 4.52. The minimum Gasteiger partial charge on any atom is -0.302 e. The maximum Gasteiger partial charge on any atom is 0.138 e. The number of aromatic nitrogens is 1. The predicted molar refractivity (Wildman–Crippen MR) is 63.2 cm³/mol. The molecular weight excluding hydrogens is 200 g/mol. The summed E-state index contributed by atoms with van der Waals surface area (Å²) in [6.45, 7) is 4.92. The zero-order valence-electron chi connectivity index (χ0n) is 9.72. The smallest absolute Gasteiger partial charge is 0.138 e. The lowest BCUT2D eigenvalue weighted by atomic mass is 9.98. The largest absolute Gasteiger partial charge is 0.302 e. The summed E-state index contributed by atoms with van der Waals surface area (Å²) in [5.41, 5.74) is 1.32. The number of hydrogen-bond acceptors (Lipinski definition) is 3. The van der Waals surface area contributed by atoms with Gasteiger partial charge < -0.3 is 4.90 Å². The van der Waals surface area contributed by atoms with Gasteiger partial charge >= 0.3 is 0 Å². The molecule has 1 saturated heterocycles. The van der Waals surface area contributed by atoms with Crippen molar-refractivity contribution in [1.82, 2.24) is 9.88 Å². The van der Waals surface area contributed by atoms with E-state index in [-0.39, 0.29) is 5.92 Å². The van der Waals surface area contributed by atoms with Crippen molar-refractivity contribution in [2.24, 2.45) is 5.92 Å². The van der Waals surface area contributed by atoms with Gasteiger partial charge in [0.05, 0.1) is 0 Å². The number of carbonyl (C=O) groups excluding carboxylic acids is 1. The number of likely N-dealkylation sites (tertiary alicyclic amines) is 1. The highest BCUT2D eigenvalue weighted by molar-refractivity contribution is 5.81. The highest BCUT2D eigenvalue weighted by Gasteiger charge is 2.22. The maximum atomic E-state index is 11.4. The highest BCUT2D eigenvalue weighted by Crippen LogP contribution is 2.12. The number of rotatable bonds is 3. The number of piperidine rings is 1. The number of Topliss-reactive ketones (excluding diaryl/α,β-unsaturated/α-hetero) is 1. The minimum atomic E-state index is 0.214. The van der Waals surface area contributed by atoms with Crippen LogP contribution in [-0.4, -0.2) is 35.3 Å². The normalized spacial score (nSPS) is 22.3. The Bertz CT molecular complexity index is 350. The van der Waals surface area contributed by atoms with Crippen LogP contribution in [0.15, 0.2) is 24.5 Å². The number of hydrogen-bond donors (Lipinski definition) is 0. The molecule has 0 aliphatic carbocycles. The molecule has 1 aromatic rings. The number of pyridine rings is 1. The van der Waals surface area contributed by atoms with E-state index in [1.165, 1.54) is 5.56 Å². The molecule has 0 saturated carbocycles. The fraction of sp³-hybridized carbons (Fsp3) is 0.538. The third kappa shape index (κ3) is 2.89. The molecule has 0 radical (unpaired) electrons. The van der Waals surface area contributed by atoms with Gasteiger partial charge in [0.1, 0.15) is 5.78 Å². The molecule has 1 unspecified atom stereocenters. The van der Waals surface area contributed by atoms with Gasteiger partial charge in [0.2, 0.25) is 0 Å². The molecule has 1 aliphatic heterocycles. The SMILES string of the molecule is CC1CN(CCc2ccncc2)CCC1=O. The first-order chi connectivity index (χ1) is 7.75.